The molecule has 0 aliphatic carbocycles. The third-order valence-electron chi connectivity index (χ3n) is 1.56. The van der Waals surface area contributed by atoms with Crippen LogP contribution in [0.25, 0.3) is 0 Å². The van der Waals surface area contributed by atoms with Gasteiger partial charge in [-0.15, -0.1) is 12.8 Å². The van der Waals surface area contributed by atoms with Crippen LogP contribution in [0.1, 0.15) is 5.56 Å². The molecule has 1 aromatic carbocycles. The first-order valence-corrected chi connectivity index (χ1v) is 5.57. The second-order valence-corrected chi connectivity index (χ2v) is 4.27. The van der Waals surface area contributed by atoms with Gasteiger partial charge in [-0.2, -0.15) is 0 Å². The summed E-state index contributed by atoms with van der Waals surface area (Å²) in [6, 6.07) is 9.85. The van der Waals surface area contributed by atoms with Crippen molar-refractivity contribution < 1.29 is 4.43 Å². The maximum absolute atomic E-state index is 5.39. The highest BCUT2D eigenvalue weighted by Gasteiger charge is 2.02. The van der Waals surface area contributed by atoms with E-state index in [0.29, 0.717) is 6.61 Å². The Bertz CT molecular complexity index is 317. The summed E-state index contributed by atoms with van der Waals surface area (Å²) in [6.07, 6.45) is 10.4. The Hall–Kier alpha value is -1.48. The normalized spacial score (nSPS) is 9.15. The van der Waals surface area contributed by atoms with Crippen molar-refractivity contribution in [2.45, 2.75) is 6.61 Å². The molecule has 64 valence electrons. The molecule has 0 aliphatic rings. The lowest BCUT2D eigenvalue weighted by Crippen LogP contribution is -2.13. The first-order valence-electron chi connectivity index (χ1n) is 3.94. The van der Waals surface area contributed by atoms with Crippen LogP contribution in [0.3, 0.4) is 0 Å². The monoisotopic (exact) mass is 186 g/mol. The van der Waals surface area contributed by atoms with Crippen LogP contribution in [0.5, 0.6) is 0 Å². The molecule has 0 unspecified atom stereocenters. The van der Waals surface area contributed by atoms with Crippen molar-refractivity contribution in [1.82, 2.24) is 0 Å². The van der Waals surface area contributed by atoms with Crippen LogP contribution in [0.15, 0.2) is 30.3 Å². The van der Waals surface area contributed by atoms with Gasteiger partial charge in [0, 0.05) is 0 Å². The number of benzene rings is 1. The quantitative estimate of drug-likeness (QED) is 0.510. The zero-order valence-electron chi connectivity index (χ0n) is 7.23. The molecule has 0 amide bonds. The summed E-state index contributed by atoms with van der Waals surface area (Å²) >= 11 is 0. The minimum atomic E-state index is -1.81. The molecule has 0 spiro atoms. The second kappa shape index (κ2) is 5.21. The lowest BCUT2D eigenvalue weighted by Gasteiger charge is -2.04. The predicted octanol–water partition coefficient (Wildman–Crippen LogP) is 1.27. The average Bonchev–Trinajstić information content (AvgIpc) is 2.21. The summed E-state index contributed by atoms with van der Waals surface area (Å²) < 4.78 is 5.39. The summed E-state index contributed by atoms with van der Waals surface area (Å²) in [5.41, 5.74) is 6.11. The van der Waals surface area contributed by atoms with Gasteiger partial charge in [0.05, 0.1) is 6.61 Å². The molecule has 0 aromatic heterocycles. The van der Waals surface area contributed by atoms with Crippen molar-refractivity contribution in [1.29, 1.82) is 0 Å². The molecule has 1 rings (SSSR count). The van der Waals surface area contributed by atoms with E-state index in [4.69, 9.17) is 17.3 Å². The highest BCUT2D eigenvalue weighted by molar-refractivity contribution is 6.69. The Morgan fingerprint density at radius 2 is 1.77 bits per heavy atom. The van der Waals surface area contributed by atoms with Gasteiger partial charge in [0.25, 0.3) is 0 Å². The highest BCUT2D eigenvalue weighted by atomic mass is 28.3. The smallest absolute Gasteiger partial charge is 0.336 e. The van der Waals surface area contributed by atoms with E-state index in [2.05, 4.69) is 11.1 Å². The molecule has 0 atom stereocenters. The van der Waals surface area contributed by atoms with Gasteiger partial charge >= 0.3 is 9.04 Å². The van der Waals surface area contributed by atoms with Gasteiger partial charge < -0.3 is 4.43 Å². The fourth-order valence-electron chi connectivity index (χ4n) is 0.898. The van der Waals surface area contributed by atoms with E-state index < -0.39 is 9.04 Å². The van der Waals surface area contributed by atoms with Gasteiger partial charge in [-0.1, -0.05) is 41.4 Å². The molecule has 0 saturated carbocycles. The summed E-state index contributed by atoms with van der Waals surface area (Å²) in [7, 11) is -1.81. The molecule has 1 aromatic rings. The fraction of sp³-hybridized carbons (Fsp3) is 0.0909. The van der Waals surface area contributed by atoms with Crippen LogP contribution in [-0.2, 0) is 11.0 Å². The van der Waals surface area contributed by atoms with E-state index in [0.717, 1.165) is 5.56 Å². The largest absolute Gasteiger partial charge is 0.394 e. The third kappa shape index (κ3) is 3.17. The van der Waals surface area contributed by atoms with Crippen molar-refractivity contribution in [3.63, 3.8) is 0 Å². The van der Waals surface area contributed by atoms with E-state index in [1.54, 1.807) is 0 Å². The molecule has 2 heteroatoms. The van der Waals surface area contributed by atoms with Crippen LogP contribution < -0.4 is 0 Å². The van der Waals surface area contributed by atoms with Gasteiger partial charge in [-0.05, 0) is 5.56 Å². The Kier molecular flexibility index (Phi) is 3.85. The van der Waals surface area contributed by atoms with Gasteiger partial charge in [0.1, 0.15) is 0 Å². The number of rotatable bonds is 3. The van der Waals surface area contributed by atoms with Crippen LogP contribution in [0, 0.1) is 23.9 Å². The zero-order valence-corrected chi connectivity index (χ0v) is 8.39. The molecule has 0 N–H and O–H groups in total. The molecule has 0 bridgehead atoms. The van der Waals surface area contributed by atoms with Crippen molar-refractivity contribution in [3.8, 4) is 23.9 Å². The SMILES string of the molecule is C#C[SiH](C#C)OCc1ccccc1. The Morgan fingerprint density at radius 1 is 1.15 bits per heavy atom. The molecule has 0 radical (unpaired) electrons. The van der Waals surface area contributed by atoms with E-state index in [1.807, 2.05) is 30.3 Å². The average molecular weight is 186 g/mol. The van der Waals surface area contributed by atoms with E-state index in [9.17, 15) is 0 Å². The van der Waals surface area contributed by atoms with Crippen molar-refractivity contribution in [3.05, 3.63) is 35.9 Å². The van der Waals surface area contributed by atoms with E-state index in [1.165, 1.54) is 0 Å². The third-order valence-corrected chi connectivity index (χ3v) is 2.67. The van der Waals surface area contributed by atoms with Gasteiger partial charge in [0.2, 0.25) is 0 Å². The summed E-state index contributed by atoms with van der Waals surface area (Å²) in [4.78, 5) is 0. The lowest BCUT2D eigenvalue weighted by molar-refractivity contribution is 0.323. The molecule has 13 heavy (non-hydrogen) atoms. The van der Waals surface area contributed by atoms with E-state index >= 15 is 0 Å². The van der Waals surface area contributed by atoms with Crippen LogP contribution in [0.2, 0.25) is 0 Å². The second-order valence-electron chi connectivity index (χ2n) is 2.51. The van der Waals surface area contributed by atoms with Gasteiger partial charge in [-0.25, -0.2) is 0 Å². The maximum atomic E-state index is 5.39. The standard InChI is InChI=1S/C11H10OSi/c1-3-13(4-2)12-10-11-8-6-5-7-9-11/h1-2,5-9,13H,10H2. The first-order chi connectivity index (χ1) is 6.36. The Labute approximate surface area is 80.5 Å². The maximum Gasteiger partial charge on any atom is 0.336 e. The topological polar surface area (TPSA) is 9.23 Å². The number of terminal acetylenes is 2. The fourth-order valence-corrected chi connectivity index (χ4v) is 1.55. The first kappa shape index (κ1) is 9.60. The molecule has 0 fully saturated rings. The predicted molar refractivity (Wildman–Crippen MR) is 56.0 cm³/mol. The number of hydrogen-bond acceptors (Lipinski definition) is 1. The molecule has 0 aliphatic heterocycles. The van der Waals surface area contributed by atoms with E-state index in [-0.39, 0.29) is 0 Å². The van der Waals surface area contributed by atoms with Crippen LogP contribution >= 0.6 is 0 Å². The lowest BCUT2D eigenvalue weighted by atomic mass is 10.2. The molecule has 1 nitrogen and oxygen atoms in total. The summed E-state index contributed by atoms with van der Waals surface area (Å²) in [5, 5.41) is 0. The Morgan fingerprint density at radius 3 is 2.31 bits per heavy atom. The minimum absolute atomic E-state index is 0.520. The van der Waals surface area contributed by atoms with Gasteiger partial charge in [0.15, 0.2) is 0 Å². The number of hydrogen-bond donors (Lipinski definition) is 0. The molecule has 0 heterocycles. The van der Waals surface area contributed by atoms with Crippen LogP contribution in [0.4, 0.5) is 0 Å². The van der Waals surface area contributed by atoms with Crippen molar-refractivity contribution >= 4 is 9.04 Å². The van der Waals surface area contributed by atoms with Crippen LogP contribution in [-0.4, -0.2) is 9.04 Å². The Balaban J connectivity index is 2.45. The van der Waals surface area contributed by atoms with Crippen molar-refractivity contribution in [2.24, 2.45) is 0 Å². The molecule has 0 saturated heterocycles. The highest BCUT2D eigenvalue weighted by Crippen LogP contribution is 2.00. The summed E-state index contributed by atoms with van der Waals surface area (Å²) in [5.74, 6) is 0. The minimum Gasteiger partial charge on any atom is -0.394 e. The van der Waals surface area contributed by atoms with Gasteiger partial charge in [-0.3, -0.25) is 0 Å². The molecular weight excluding hydrogens is 176 g/mol. The van der Waals surface area contributed by atoms with Crippen molar-refractivity contribution in [2.75, 3.05) is 0 Å². The molecular formula is C11H10OSi. The zero-order chi connectivity index (χ0) is 9.52. The summed E-state index contributed by atoms with van der Waals surface area (Å²) in [6.45, 7) is 0.520.